The summed E-state index contributed by atoms with van der Waals surface area (Å²) in [5.74, 6) is 0. The van der Waals surface area contributed by atoms with Gasteiger partial charge >= 0.3 is 0 Å². The van der Waals surface area contributed by atoms with Gasteiger partial charge in [0.15, 0.2) is 18.9 Å². The molecular formula is C21H41N5O12. The summed E-state index contributed by atoms with van der Waals surface area (Å²) < 4.78 is 28.8. The van der Waals surface area contributed by atoms with E-state index in [4.69, 9.17) is 46.6 Å². The number of nitrogens with one attached hydrogen (secondary N) is 1. The molecule has 3 saturated heterocycles. The van der Waals surface area contributed by atoms with Crippen LogP contribution in [0.2, 0.25) is 0 Å². The first-order valence-electron chi connectivity index (χ1n) is 12.6. The summed E-state index contributed by atoms with van der Waals surface area (Å²) in [7, 11) is 1.49. The molecule has 18 atom stereocenters. The van der Waals surface area contributed by atoms with Gasteiger partial charge in [0.05, 0.1) is 30.8 Å². The standard InChI is InChI=1S/C21H41N5O12/c1-26-9-13(31)18-17(37-20(9)38-21-15(33)11(29)7(24)6(3-27)34-21)12(30)8(25)19(36-18)35-16-5(23)2-4(22)10(28)14(16)32/h4-21,26-33H,2-3,22-25H2,1H3/t4-,5+,6-,7-,8-,9+,10+,11+,12-,13-,14-,15-,16-,17+,18-,19+,20-,21-/m1/s1. The predicted molar refractivity (Wildman–Crippen MR) is 124 cm³/mol. The van der Waals surface area contributed by atoms with Crippen LogP contribution in [0.15, 0.2) is 0 Å². The molecule has 1 aliphatic carbocycles. The maximum atomic E-state index is 11.1. The summed E-state index contributed by atoms with van der Waals surface area (Å²) >= 11 is 0. The van der Waals surface area contributed by atoms with Crippen molar-refractivity contribution in [3.05, 3.63) is 0 Å². The first-order chi connectivity index (χ1) is 17.9. The summed E-state index contributed by atoms with van der Waals surface area (Å²) in [5.41, 5.74) is 23.8. The number of likely N-dealkylation sites (N-methyl/N-ethyl adjacent to an activating group) is 1. The molecule has 0 unspecified atom stereocenters. The molecule has 0 aromatic rings. The zero-order valence-corrected chi connectivity index (χ0v) is 20.8. The largest absolute Gasteiger partial charge is 0.394 e. The van der Waals surface area contributed by atoms with Gasteiger partial charge in [-0.3, -0.25) is 0 Å². The van der Waals surface area contributed by atoms with Gasteiger partial charge in [-0.05, 0) is 13.5 Å². The van der Waals surface area contributed by atoms with E-state index in [1.165, 1.54) is 7.05 Å². The molecule has 0 aromatic heterocycles. The Morgan fingerprint density at radius 2 is 1.32 bits per heavy atom. The molecule has 222 valence electrons. The third kappa shape index (κ3) is 5.46. The van der Waals surface area contributed by atoms with Crippen LogP contribution < -0.4 is 28.3 Å². The average Bonchev–Trinajstić information content (AvgIpc) is 2.89. The van der Waals surface area contributed by atoms with Crippen molar-refractivity contribution >= 4 is 0 Å². The predicted octanol–water partition coefficient (Wildman–Crippen LogP) is -7.98. The van der Waals surface area contributed by atoms with Gasteiger partial charge in [-0.2, -0.15) is 0 Å². The van der Waals surface area contributed by atoms with Gasteiger partial charge in [0, 0.05) is 12.1 Å². The number of aliphatic hydroxyl groups excluding tert-OH is 7. The molecule has 3 heterocycles. The minimum absolute atomic E-state index is 0.151. The first-order valence-corrected chi connectivity index (χ1v) is 12.6. The van der Waals surface area contributed by atoms with Crippen LogP contribution in [0.4, 0.5) is 0 Å². The van der Waals surface area contributed by atoms with Gasteiger partial charge in [0.2, 0.25) is 0 Å². The molecule has 0 amide bonds. The highest BCUT2D eigenvalue weighted by Crippen LogP contribution is 2.35. The van der Waals surface area contributed by atoms with E-state index in [0.29, 0.717) is 0 Å². The van der Waals surface area contributed by atoms with Crippen molar-refractivity contribution in [2.24, 2.45) is 22.9 Å². The lowest BCUT2D eigenvalue weighted by molar-refractivity contribution is -0.384. The van der Waals surface area contributed by atoms with Crippen molar-refractivity contribution < 1.29 is 59.4 Å². The van der Waals surface area contributed by atoms with Crippen molar-refractivity contribution in [1.82, 2.24) is 5.32 Å². The van der Waals surface area contributed by atoms with E-state index in [1.807, 2.05) is 0 Å². The minimum Gasteiger partial charge on any atom is -0.394 e. The lowest BCUT2D eigenvalue weighted by Crippen LogP contribution is -2.74. The molecule has 17 nitrogen and oxygen atoms in total. The molecule has 4 aliphatic rings. The van der Waals surface area contributed by atoms with Crippen LogP contribution in [0.25, 0.3) is 0 Å². The summed E-state index contributed by atoms with van der Waals surface area (Å²) in [6, 6.07) is -4.84. The van der Waals surface area contributed by atoms with Gasteiger partial charge in [-0.25, -0.2) is 0 Å². The normalized spacial score (nSPS) is 55.9. The van der Waals surface area contributed by atoms with E-state index in [2.05, 4.69) is 5.32 Å². The van der Waals surface area contributed by atoms with Gasteiger partial charge in [0.25, 0.3) is 0 Å². The molecule has 0 radical (unpaired) electrons. The molecule has 0 bridgehead atoms. The Balaban J connectivity index is 1.48. The Morgan fingerprint density at radius 3 is 1.95 bits per heavy atom. The summed E-state index contributed by atoms with van der Waals surface area (Å²) in [6.07, 6.45) is -17.3. The highest BCUT2D eigenvalue weighted by molar-refractivity contribution is 5.04. The summed E-state index contributed by atoms with van der Waals surface area (Å²) in [4.78, 5) is 0. The summed E-state index contributed by atoms with van der Waals surface area (Å²) in [6.45, 7) is -0.551. The summed E-state index contributed by atoms with van der Waals surface area (Å²) in [5, 5.41) is 75.6. The number of rotatable bonds is 6. The molecule has 1 saturated carbocycles. The molecule has 17 heteroatoms. The van der Waals surface area contributed by atoms with Crippen LogP contribution in [0, 0.1) is 0 Å². The minimum atomic E-state index is -1.61. The van der Waals surface area contributed by atoms with E-state index >= 15 is 0 Å². The van der Waals surface area contributed by atoms with Crippen LogP contribution in [0.1, 0.15) is 6.42 Å². The van der Waals surface area contributed by atoms with Crippen molar-refractivity contribution in [2.75, 3.05) is 13.7 Å². The Bertz CT molecular complexity index is 789. The fourth-order valence-corrected chi connectivity index (χ4v) is 5.47. The number of hydrogen-bond donors (Lipinski definition) is 12. The maximum absolute atomic E-state index is 11.1. The van der Waals surface area contributed by atoms with Crippen LogP contribution >= 0.6 is 0 Å². The smallest absolute Gasteiger partial charge is 0.189 e. The highest BCUT2D eigenvalue weighted by atomic mass is 16.8. The Morgan fingerprint density at radius 1 is 0.684 bits per heavy atom. The third-order valence-electron chi connectivity index (χ3n) is 7.87. The fourth-order valence-electron chi connectivity index (χ4n) is 5.47. The van der Waals surface area contributed by atoms with Crippen molar-refractivity contribution in [2.45, 2.75) is 117 Å². The quantitative estimate of drug-likeness (QED) is 0.145. The van der Waals surface area contributed by atoms with E-state index < -0.39 is 117 Å². The molecule has 16 N–H and O–H groups in total. The van der Waals surface area contributed by atoms with Crippen LogP contribution in [-0.2, 0) is 23.7 Å². The van der Waals surface area contributed by atoms with E-state index in [-0.39, 0.29) is 6.42 Å². The Kier molecular flexibility index (Phi) is 9.60. The first kappa shape index (κ1) is 30.3. The van der Waals surface area contributed by atoms with Gasteiger partial charge in [-0.15, -0.1) is 0 Å². The van der Waals surface area contributed by atoms with E-state index in [9.17, 15) is 35.7 Å². The monoisotopic (exact) mass is 555 g/mol. The molecule has 4 rings (SSSR count). The van der Waals surface area contributed by atoms with Crippen LogP contribution in [-0.4, -0.2) is 160 Å². The SMILES string of the molecule is CN[C@@H]1[C@@H](O[C@H]2O[C@H](CO)[C@@H](N)[C@H](O)[C@H]2O)O[C@H]2[C@H](O)[C@@H](N)[C@@H](O[C@H]3[C@H](O)[C@@H](O)[C@H](N)C[C@@H]3N)O[C@@H]2[C@@H]1O. The van der Waals surface area contributed by atoms with E-state index in [0.717, 1.165) is 0 Å². The lowest BCUT2D eigenvalue weighted by Gasteiger charge is -2.53. The molecule has 38 heavy (non-hydrogen) atoms. The fraction of sp³-hybridized carbons (Fsp3) is 1.00. The molecule has 0 spiro atoms. The van der Waals surface area contributed by atoms with Gasteiger partial charge in [-0.1, -0.05) is 0 Å². The van der Waals surface area contributed by atoms with E-state index in [1.54, 1.807) is 0 Å². The second kappa shape index (κ2) is 12.0. The van der Waals surface area contributed by atoms with Crippen molar-refractivity contribution in [1.29, 1.82) is 0 Å². The number of aliphatic hydroxyl groups is 7. The average molecular weight is 556 g/mol. The number of fused-ring (bicyclic) bond motifs is 1. The van der Waals surface area contributed by atoms with Crippen molar-refractivity contribution in [3.8, 4) is 0 Å². The van der Waals surface area contributed by atoms with Gasteiger partial charge < -0.3 is 87.7 Å². The maximum Gasteiger partial charge on any atom is 0.189 e. The molecular weight excluding hydrogens is 514 g/mol. The van der Waals surface area contributed by atoms with Crippen LogP contribution in [0.5, 0.6) is 0 Å². The number of hydrogen-bond acceptors (Lipinski definition) is 17. The molecule has 3 aliphatic heterocycles. The van der Waals surface area contributed by atoms with Crippen molar-refractivity contribution in [3.63, 3.8) is 0 Å². The topological polar surface area (TPSA) is 304 Å². The highest BCUT2D eigenvalue weighted by Gasteiger charge is 2.57. The third-order valence-corrected chi connectivity index (χ3v) is 7.87. The second-order valence-electron chi connectivity index (χ2n) is 10.4. The van der Waals surface area contributed by atoms with Gasteiger partial charge in [0.1, 0.15) is 54.9 Å². The zero-order chi connectivity index (χ0) is 28.0. The lowest BCUT2D eigenvalue weighted by atomic mass is 9.84. The second-order valence-corrected chi connectivity index (χ2v) is 10.4. The number of nitrogens with two attached hydrogens (primary N) is 4. The number of ether oxygens (including phenoxy) is 5. The molecule has 4 fully saturated rings. The van der Waals surface area contributed by atoms with Crippen LogP contribution in [0.3, 0.4) is 0 Å². The molecule has 0 aromatic carbocycles. The zero-order valence-electron chi connectivity index (χ0n) is 20.8. The Hall–Kier alpha value is -0.680. The Labute approximate surface area is 218 Å².